The third-order valence-electron chi connectivity index (χ3n) is 2.28. The molecule has 13 heavy (non-hydrogen) atoms. The molecular weight excluding hydrogens is 166 g/mol. The molecule has 0 aliphatic carbocycles. The van der Waals surface area contributed by atoms with E-state index in [1.54, 1.807) is 13.1 Å². The highest BCUT2D eigenvalue weighted by atomic mass is 16.3. The first-order chi connectivity index (χ1) is 6.05. The molecule has 0 spiro atoms. The van der Waals surface area contributed by atoms with Crippen molar-refractivity contribution in [2.45, 2.75) is 25.4 Å². The predicted molar refractivity (Wildman–Crippen MR) is 51.2 cm³/mol. The molecule has 0 aliphatic heterocycles. The number of aryl methyl sites for hydroxylation is 2. The SMILES string of the molecule is Cn1nccc1CCC(C)(O)CN. The third-order valence-corrected chi connectivity index (χ3v) is 2.28. The normalized spacial score (nSPS) is 15.7. The molecule has 1 rings (SSSR count). The lowest BCUT2D eigenvalue weighted by Gasteiger charge is -2.20. The number of rotatable bonds is 4. The Morgan fingerprint density at radius 2 is 2.38 bits per heavy atom. The standard InChI is InChI=1S/C9H17N3O/c1-9(13,7-10)5-3-8-4-6-11-12(8)2/h4,6,13H,3,5,7,10H2,1-2H3. The Hall–Kier alpha value is -0.870. The van der Waals surface area contributed by atoms with Crippen molar-refractivity contribution in [3.63, 3.8) is 0 Å². The number of nitrogens with two attached hydrogens (primary N) is 1. The van der Waals surface area contributed by atoms with Gasteiger partial charge in [0.05, 0.1) is 5.60 Å². The lowest BCUT2D eigenvalue weighted by atomic mass is 9.99. The second kappa shape index (κ2) is 3.89. The maximum absolute atomic E-state index is 9.66. The fourth-order valence-electron chi connectivity index (χ4n) is 1.15. The number of hydrogen-bond acceptors (Lipinski definition) is 3. The number of aliphatic hydroxyl groups is 1. The van der Waals surface area contributed by atoms with Crippen LogP contribution in [0.15, 0.2) is 12.3 Å². The molecule has 1 heterocycles. The molecule has 0 saturated heterocycles. The van der Waals surface area contributed by atoms with Crippen molar-refractivity contribution in [3.8, 4) is 0 Å². The molecule has 1 atom stereocenters. The molecule has 0 amide bonds. The monoisotopic (exact) mass is 183 g/mol. The minimum atomic E-state index is -0.760. The van der Waals surface area contributed by atoms with Crippen molar-refractivity contribution in [2.24, 2.45) is 12.8 Å². The largest absolute Gasteiger partial charge is 0.389 e. The van der Waals surface area contributed by atoms with Gasteiger partial charge in [-0.3, -0.25) is 4.68 Å². The summed E-state index contributed by atoms with van der Waals surface area (Å²) in [6.07, 6.45) is 3.23. The van der Waals surface area contributed by atoms with Gasteiger partial charge in [0, 0.05) is 25.5 Å². The number of nitrogens with zero attached hydrogens (tertiary/aromatic N) is 2. The van der Waals surface area contributed by atoms with Crippen molar-refractivity contribution >= 4 is 0 Å². The molecule has 0 aromatic carbocycles. The zero-order chi connectivity index (χ0) is 9.90. The van der Waals surface area contributed by atoms with Gasteiger partial charge in [0.2, 0.25) is 0 Å². The maximum atomic E-state index is 9.66. The van der Waals surface area contributed by atoms with Crippen LogP contribution < -0.4 is 5.73 Å². The van der Waals surface area contributed by atoms with Gasteiger partial charge >= 0.3 is 0 Å². The highest BCUT2D eigenvalue weighted by molar-refractivity contribution is 5.01. The Balaban J connectivity index is 2.48. The molecule has 1 aromatic heterocycles. The molecule has 1 aromatic rings. The highest BCUT2D eigenvalue weighted by Gasteiger charge is 2.17. The summed E-state index contributed by atoms with van der Waals surface area (Å²) in [6, 6.07) is 1.95. The topological polar surface area (TPSA) is 64.1 Å². The first-order valence-electron chi connectivity index (χ1n) is 4.44. The summed E-state index contributed by atoms with van der Waals surface area (Å²) in [5.74, 6) is 0. The van der Waals surface area contributed by atoms with E-state index in [0.717, 1.165) is 12.1 Å². The highest BCUT2D eigenvalue weighted by Crippen LogP contribution is 2.11. The van der Waals surface area contributed by atoms with Crippen LogP contribution in [-0.2, 0) is 13.5 Å². The summed E-state index contributed by atoms with van der Waals surface area (Å²) in [6.45, 7) is 2.05. The minimum Gasteiger partial charge on any atom is -0.389 e. The molecule has 1 unspecified atom stereocenters. The molecule has 4 nitrogen and oxygen atoms in total. The van der Waals surface area contributed by atoms with E-state index < -0.39 is 5.60 Å². The van der Waals surface area contributed by atoms with Crippen molar-refractivity contribution in [3.05, 3.63) is 18.0 Å². The molecule has 0 bridgehead atoms. The van der Waals surface area contributed by atoms with Gasteiger partial charge < -0.3 is 10.8 Å². The quantitative estimate of drug-likeness (QED) is 0.694. The van der Waals surface area contributed by atoms with Crippen molar-refractivity contribution < 1.29 is 5.11 Å². The van der Waals surface area contributed by atoms with Gasteiger partial charge in [0.15, 0.2) is 0 Å². The van der Waals surface area contributed by atoms with Gasteiger partial charge in [-0.15, -0.1) is 0 Å². The Bertz CT molecular complexity index is 268. The smallest absolute Gasteiger partial charge is 0.0745 e. The van der Waals surface area contributed by atoms with Gasteiger partial charge in [-0.1, -0.05) is 0 Å². The summed E-state index contributed by atoms with van der Waals surface area (Å²) in [5.41, 5.74) is 5.77. The lowest BCUT2D eigenvalue weighted by Crippen LogP contribution is -2.34. The minimum absolute atomic E-state index is 0.296. The molecule has 0 radical (unpaired) electrons. The van der Waals surface area contributed by atoms with Crippen LogP contribution in [0.1, 0.15) is 19.0 Å². The van der Waals surface area contributed by atoms with Gasteiger partial charge in [-0.05, 0) is 25.8 Å². The van der Waals surface area contributed by atoms with Gasteiger partial charge in [0.1, 0.15) is 0 Å². The Labute approximate surface area is 78.4 Å². The molecule has 4 heteroatoms. The van der Waals surface area contributed by atoms with E-state index in [0.29, 0.717) is 13.0 Å². The molecule has 0 fully saturated rings. The average molecular weight is 183 g/mol. The van der Waals surface area contributed by atoms with Crippen molar-refractivity contribution in [1.82, 2.24) is 9.78 Å². The van der Waals surface area contributed by atoms with E-state index in [4.69, 9.17) is 5.73 Å². The summed E-state index contributed by atoms with van der Waals surface area (Å²) in [5, 5.41) is 13.7. The summed E-state index contributed by atoms with van der Waals surface area (Å²) < 4.78 is 1.81. The van der Waals surface area contributed by atoms with E-state index in [2.05, 4.69) is 5.10 Å². The molecule has 3 N–H and O–H groups in total. The van der Waals surface area contributed by atoms with Crippen LogP contribution >= 0.6 is 0 Å². The maximum Gasteiger partial charge on any atom is 0.0745 e. The van der Waals surface area contributed by atoms with Crippen LogP contribution in [0.2, 0.25) is 0 Å². The number of hydrogen-bond donors (Lipinski definition) is 2. The van der Waals surface area contributed by atoms with E-state index >= 15 is 0 Å². The zero-order valence-corrected chi connectivity index (χ0v) is 8.20. The fraction of sp³-hybridized carbons (Fsp3) is 0.667. The molecule has 0 aliphatic rings. The number of aromatic nitrogens is 2. The second-order valence-corrected chi connectivity index (χ2v) is 3.65. The zero-order valence-electron chi connectivity index (χ0n) is 8.20. The van der Waals surface area contributed by atoms with Gasteiger partial charge in [-0.2, -0.15) is 5.10 Å². The van der Waals surface area contributed by atoms with E-state index in [1.807, 2.05) is 17.8 Å². The first kappa shape index (κ1) is 10.2. The van der Waals surface area contributed by atoms with E-state index in [1.165, 1.54) is 0 Å². The van der Waals surface area contributed by atoms with E-state index in [9.17, 15) is 5.11 Å². The molecule has 74 valence electrons. The fourth-order valence-corrected chi connectivity index (χ4v) is 1.15. The van der Waals surface area contributed by atoms with Crippen LogP contribution in [-0.4, -0.2) is 27.0 Å². The van der Waals surface area contributed by atoms with E-state index in [-0.39, 0.29) is 0 Å². The van der Waals surface area contributed by atoms with Crippen LogP contribution in [0.3, 0.4) is 0 Å². The first-order valence-corrected chi connectivity index (χ1v) is 4.44. The van der Waals surface area contributed by atoms with Crippen molar-refractivity contribution in [2.75, 3.05) is 6.54 Å². The Kier molecular flexibility index (Phi) is 3.06. The second-order valence-electron chi connectivity index (χ2n) is 3.65. The summed E-state index contributed by atoms with van der Waals surface area (Å²) in [7, 11) is 1.90. The molecular formula is C9H17N3O. The third kappa shape index (κ3) is 2.82. The Morgan fingerprint density at radius 3 is 2.85 bits per heavy atom. The van der Waals surface area contributed by atoms with Crippen molar-refractivity contribution in [1.29, 1.82) is 0 Å². The van der Waals surface area contributed by atoms with Crippen LogP contribution in [0.5, 0.6) is 0 Å². The van der Waals surface area contributed by atoms with Crippen LogP contribution in [0.4, 0.5) is 0 Å². The average Bonchev–Trinajstić information content (AvgIpc) is 2.48. The summed E-state index contributed by atoms with van der Waals surface area (Å²) in [4.78, 5) is 0. The van der Waals surface area contributed by atoms with Crippen LogP contribution in [0.25, 0.3) is 0 Å². The molecule has 0 saturated carbocycles. The predicted octanol–water partition coefficient (Wildman–Crippen LogP) is 0.0624. The lowest BCUT2D eigenvalue weighted by molar-refractivity contribution is 0.0598. The van der Waals surface area contributed by atoms with Gasteiger partial charge in [0.25, 0.3) is 0 Å². The van der Waals surface area contributed by atoms with Crippen LogP contribution in [0, 0.1) is 0 Å². The van der Waals surface area contributed by atoms with Gasteiger partial charge in [-0.25, -0.2) is 0 Å². The summed E-state index contributed by atoms with van der Waals surface area (Å²) >= 11 is 0. The Morgan fingerprint density at radius 1 is 1.69 bits per heavy atom.